The van der Waals surface area contributed by atoms with Crippen molar-refractivity contribution in [1.82, 2.24) is 9.97 Å². The minimum Gasteiger partial charge on any atom is -0.491 e. The number of anilines is 2. The number of carbonyl (C=O) groups excluding carboxylic acids is 1. The zero-order valence-corrected chi connectivity index (χ0v) is 15.3. The van der Waals surface area contributed by atoms with Gasteiger partial charge in [-0.25, -0.2) is 4.98 Å². The first-order valence-electron chi connectivity index (χ1n) is 8.77. The van der Waals surface area contributed by atoms with E-state index in [-0.39, 0.29) is 12.0 Å². The van der Waals surface area contributed by atoms with Crippen LogP contribution in [0.5, 0.6) is 5.75 Å². The van der Waals surface area contributed by atoms with Crippen molar-refractivity contribution >= 4 is 17.3 Å². The van der Waals surface area contributed by atoms with Crippen LogP contribution in [0.3, 0.4) is 0 Å². The van der Waals surface area contributed by atoms with Gasteiger partial charge >= 0.3 is 0 Å². The van der Waals surface area contributed by atoms with Gasteiger partial charge < -0.3 is 15.4 Å². The van der Waals surface area contributed by atoms with Crippen LogP contribution in [-0.2, 0) is 6.54 Å². The quantitative estimate of drug-likeness (QED) is 0.661. The van der Waals surface area contributed by atoms with Gasteiger partial charge in [0, 0.05) is 24.6 Å². The minimum absolute atomic E-state index is 0.111. The third-order valence-corrected chi connectivity index (χ3v) is 3.73. The van der Waals surface area contributed by atoms with Crippen molar-refractivity contribution in [2.45, 2.75) is 26.5 Å². The molecule has 27 heavy (non-hydrogen) atoms. The summed E-state index contributed by atoms with van der Waals surface area (Å²) in [4.78, 5) is 20.6. The van der Waals surface area contributed by atoms with E-state index in [1.165, 1.54) is 0 Å². The fourth-order valence-electron chi connectivity index (χ4n) is 2.42. The molecular weight excluding hydrogens is 340 g/mol. The first kappa shape index (κ1) is 18.4. The molecule has 0 aliphatic rings. The predicted molar refractivity (Wildman–Crippen MR) is 106 cm³/mol. The monoisotopic (exact) mass is 362 g/mol. The molecule has 138 valence electrons. The van der Waals surface area contributed by atoms with Crippen molar-refractivity contribution in [2.75, 3.05) is 10.6 Å². The summed E-state index contributed by atoms with van der Waals surface area (Å²) in [6.07, 6.45) is 5.27. The molecular formula is C21H22N4O2. The Kier molecular flexibility index (Phi) is 5.99. The minimum atomic E-state index is -0.256. The Morgan fingerprint density at radius 1 is 1.00 bits per heavy atom. The number of rotatable bonds is 7. The summed E-state index contributed by atoms with van der Waals surface area (Å²) in [5, 5.41) is 6.09. The number of hydrogen-bond acceptors (Lipinski definition) is 5. The third kappa shape index (κ3) is 5.54. The molecule has 6 nitrogen and oxygen atoms in total. The molecule has 0 fully saturated rings. The van der Waals surface area contributed by atoms with Crippen LogP contribution in [0.2, 0.25) is 0 Å². The smallest absolute Gasteiger partial charge is 0.274 e. The van der Waals surface area contributed by atoms with E-state index >= 15 is 0 Å². The lowest BCUT2D eigenvalue weighted by Gasteiger charge is -2.11. The van der Waals surface area contributed by atoms with Gasteiger partial charge in [-0.2, -0.15) is 0 Å². The molecule has 1 amide bonds. The average Bonchev–Trinajstić information content (AvgIpc) is 2.69. The maximum Gasteiger partial charge on any atom is 0.274 e. The van der Waals surface area contributed by atoms with Crippen LogP contribution in [0.4, 0.5) is 11.4 Å². The Bertz CT molecular complexity index is 863. The molecule has 3 rings (SSSR count). The van der Waals surface area contributed by atoms with Crippen molar-refractivity contribution in [3.8, 4) is 5.75 Å². The molecule has 1 aromatic carbocycles. The second-order valence-corrected chi connectivity index (χ2v) is 6.29. The van der Waals surface area contributed by atoms with Crippen LogP contribution in [0.25, 0.3) is 0 Å². The summed E-state index contributed by atoms with van der Waals surface area (Å²) in [6, 6.07) is 14.7. The van der Waals surface area contributed by atoms with E-state index in [0.717, 1.165) is 17.0 Å². The summed E-state index contributed by atoms with van der Waals surface area (Å²) in [7, 11) is 0. The fourth-order valence-corrected chi connectivity index (χ4v) is 2.42. The van der Waals surface area contributed by atoms with E-state index in [4.69, 9.17) is 4.74 Å². The molecule has 3 aromatic rings. The summed E-state index contributed by atoms with van der Waals surface area (Å²) in [6.45, 7) is 4.61. The molecule has 0 atom stereocenters. The highest BCUT2D eigenvalue weighted by Crippen LogP contribution is 2.17. The van der Waals surface area contributed by atoms with E-state index in [1.54, 1.807) is 36.8 Å². The topological polar surface area (TPSA) is 76.1 Å². The summed E-state index contributed by atoms with van der Waals surface area (Å²) in [5.41, 5.74) is 3.01. The number of nitrogens with one attached hydrogen (secondary N) is 2. The molecule has 2 N–H and O–H groups in total. The van der Waals surface area contributed by atoms with Crippen LogP contribution in [-0.4, -0.2) is 22.0 Å². The van der Waals surface area contributed by atoms with Crippen LogP contribution in [0.15, 0.2) is 67.1 Å². The molecule has 0 aliphatic carbocycles. The summed E-state index contributed by atoms with van der Waals surface area (Å²) in [5.74, 6) is 0.513. The number of hydrogen-bond donors (Lipinski definition) is 2. The van der Waals surface area contributed by atoms with Crippen molar-refractivity contribution in [3.63, 3.8) is 0 Å². The second kappa shape index (κ2) is 8.80. The van der Waals surface area contributed by atoms with E-state index < -0.39 is 0 Å². The third-order valence-electron chi connectivity index (χ3n) is 3.73. The number of nitrogens with zero attached hydrogens (tertiary/aromatic N) is 2. The Morgan fingerprint density at radius 3 is 2.33 bits per heavy atom. The molecule has 6 heteroatoms. The summed E-state index contributed by atoms with van der Waals surface area (Å²) >= 11 is 0. The second-order valence-electron chi connectivity index (χ2n) is 6.29. The number of carbonyl (C=O) groups is 1. The zero-order valence-electron chi connectivity index (χ0n) is 15.3. The number of ether oxygens (including phenoxy) is 1. The lowest BCUT2D eigenvalue weighted by atomic mass is 10.2. The van der Waals surface area contributed by atoms with Gasteiger partial charge in [-0.15, -0.1) is 0 Å². The maximum atomic E-state index is 12.3. The van der Waals surface area contributed by atoms with Crippen molar-refractivity contribution in [3.05, 3.63) is 78.4 Å². The van der Waals surface area contributed by atoms with Crippen LogP contribution < -0.4 is 15.4 Å². The molecule has 0 aliphatic heterocycles. The van der Waals surface area contributed by atoms with Crippen LogP contribution >= 0.6 is 0 Å². The highest BCUT2D eigenvalue weighted by Gasteiger charge is 2.08. The zero-order chi connectivity index (χ0) is 19.1. The number of pyridine rings is 2. The molecule has 0 bridgehead atoms. The van der Waals surface area contributed by atoms with Gasteiger partial charge in [0.1, 0.15) is 11.4 Å². The van der Waals surface area contributed by atoms with Gasteiger partial charge in [-0.1, -0.05) is 0 Å². The Balaban J connectivity index is 1.55. The summed E-state index contributed by atoms with van der Waals surface area (Å²) < 4.78 is 5.59. The number of amides is 1. The van der Waals surface area contributed by atoms with E-state index in [2.05, 4.69) is 20.6 Å². The number of aromatic nitrogens is 2. The molecule has 0 saturated carbocycles. The van der Waals surface area contributed by atoms with Gasteiger partial charge in [-0.05, 0) is 67.9 Å². The first-order chi connectivity index (χ1) is 13.1. The fraction of sp³-hybridized carbons (Fsp3) is 0.190. The van der Waals surface area contributed by atoms with Crippen LogP contribution in [0.1, 0.15) is 29.9 Å². The van der Waals surface area contributed by atoms with Gasteiger partial charge in [0.15, 0.2) is 0 Å². The van der Waals surface area contributed by atoms with Gasteiger partial charge in [0.05, 0.1) is 18.0 Å². The Morgan fingerprint density at radius 2 is 1.70 bits per heavy atom. The first-order valence-corrected chi connectivity index (χ1v) is 8.77. The molecule has 0 radical (unpaired) electrons. The van der Waals surface area contributed by atoms with Crippen molar-refractivity contribution in [1.29, 1.82) is 0 Å². The van der Waals surface area contributed by atoms with Gasteiger partial charge in [0.2, 0.25) is 0 Å². The SMILES string of the molecule is CC(C)Oc1ccc(NC(=O)c2ccc(NCc3ccncc3)cn2)cc1. The van der Waals surface area contributed by atoms with Crippen molar-refractivity contribution < 1.29 is 9.53 Å². The normalized spacial score (nSPS) is 10.5. The van der Waals surface area contributed by atoms with E-state index in [0.29, 0.717) is 17.9 Å². The molecule has 2 heterocycles. The Labute approximate surface area is 158 Å². The molecule has 2 aromatic heterocycles. The molecule has 0 saturated heterocycles. The van der Waals surface area contributed by atoms with Gasteiger partial charge in [0.25, 0.3) is 5.91 Å². The lowest BCUT2D eigenvalue weighted by Crippen LogP contribution is -2.14. The molecule has 0 spiro atoms. The highest BCUT2D eigenvalue weighted by molar-refractivity contribution is 6.02. The van der Waals surface area contributed by atoms with E-state index in [9.17, 15) is 4.79 Å². The average molecular weight is 362 g/mol. The largest absolute Gasteiger partial charge is 0.491 e. The maximum absolute atomic E-state index is 12.3. The van der Waals surface area contributed by atoms with Gasteiger partial charge in [-0.3, -0.25) is 9.78 Å². The Hall–Kier alpha value is -3.41. The van der Waals surface area contributed by atoms with E-state index in [1.807, 2.05) is 44.2 Å². The lowest BCUT2D eigenvalue weighted by molar-refractivity contribution is 0.102. The number of benzene rings is 1. The van der Waals surface area contributed by atoms with Crippen LogP contribution in [0, 0.1) is 0 Å². The predicted octanol–water partition coefficient (Wildman–Crippen LogP) is 4.13. The highest BCUT2D eigenvalue weighted by atomic mass is 16.5. The van der Waals surface area contributed by atoms with Crippen molar-refractivity contribution in [2.24, 2.45) is 0 Å². The standard InChI is InChI=1S/C21H22N4O2/c1-15(2)27-19-6-3-17(4-7-19)25-21(26)20-8-5-18(14-24-20)23-13-16-9-11-22-12-10-16/h3-12,14-15,23H,13H2,1-2H3,(H,25,26). The molecule has 0 unspecified atom stereocenters.